The highest BCUT2D eigenvalue weighted by molar-refractivity contribution is 5.78. The van der Waals surface area contributed by atoms with Gasteiger partial charge in [-0.25, -0.2) is 4.39 Å². The first-order chi connectivity index (χ1) is 14.8. The van der Waals surface area contributed by atoms with Gasteiger partial charge in [-0.1, -0.05) is 24.3 Å². The van der Waals surface area contributed by atoms with Crippen molar-refractivity contribution in [3.8, 4) is 5.75 Å². The monoisotopic (exact) mass is 426 g/mol. The fraction of sp³-hybridized carbons (Fsp3) is 0.440. The van der Waals surface area contributed by atoms with Crippen LogP contribution in [0.1, 0.15) is 38.3 Å². The SMILES string of the molecule is CC(=O)CCc1ccc(OCC(=O)N2C[C@@H](C)N(Cc3ccc(F)cc3)C[C@@H]2C)cc1. The third-order valence-corrected chi connectivity index (χ3v) is 5.79. The molecular weight excluding hydrogens is 395 g/mol. The molecule has 0 radical (unpaired) electrons. The van der Waals surface area contributed by atoms with E-state index in [1.807, 2.05) is 48.2 Å². The molecule has 1 aliphatic heterocycles. The van der Waals surface area contributed by atoms with Gasteiger partial charge in [0.25, 0.3) is 5.91 Å². The number of rotatable bonds is 8. The van der Waals surface area contributed by atoms with E-state index < -0.39 is 0 Å². The topological polar surface area (TPSA) is 49.9 Å². The van der Waals surface area contributed by atoms with Crippen LogP contribution < -0.4 is 4.74 Å². The highest BCUT2D eigenvalue weighted by atomic mass is 19.1. The lowest BCUT2D eigenvalue weighted by molar-refractivity contribution is -0.139. The first kappa shape index (κ1) is 22.9. The van der Waals surface area contributed by atoms with Crippen molar-refractivity contribution >= 4 is 11.7 Å². The normalized spacial score (nSPS) is 19.3. The number of ketones is 1. The summed E-state index contributed by atoms with van der Waals surface area (Å²) in [6.45, 7) is 7.88. The maximum atomic E-state index is 13.1. The third kappa shape index (κ3) is 6.62. The molecule has 0 bridgehead atoms. The Morgan fingerprint density at radius 1 is 0.968 bits per heavy atom. The summed E-state index contributed by atoms with van der Waals surface area (Å²) in [5, 5.41) is 0. The quantitative estimate of drug-likeness (QED) is 0.644. The summed E-state index contributed by atoms with van der Waals surface area (Å²) in [6, 6.07) is 14.4. The van der Waals surface area contributed by atoms with Crippen LogP contribution in [0.5, 0.6) is 5.75 Å². The van der Waals surface area contributed by atoms with E-state index in [0.29, 0.717) is 25.1 Å². The molecule has 0 aromatic heterocycles. The van der Waals surface area contributed by atoms with E-state index in [9.17, 15) is 14.0 Å². The molecule has 1 fully saturated rings. The molecule has 31 heavy (non-hydrogen) atoms. The summed E-state index contributed by atoms with van der Waals surface area (Å²) in [6.07, 6.45) is 1.24. The van der Waals surface area contributed by atoms with Crippen molar-refractivity contribution in [2.45, 2.75) is 52.2 Å². The average molecular weight is 427 g/mol. The minimum absolute atomic E-state index is 0.00180. The molecule has 1 aliphatic rings. The average Bonchev–Trinajstić information content (AvgIpc) is 2.75. The number of carbonyl (C=O) groups excluding carboxylic acids is 2. The maximum Gasteiger partial charge on any atom is 0.260 e. The molecule has 1 heterocycles. The number of amides is 1. The second kappa shape index (κ2) is 10.5. The molecule has 0 saturated carbocycles. The van der Waals surface area contributed by atoms with E-state index >= 15 is 0 Å². The van der Waals surface area contributed by atoms with Crippen LogP contribution in [0.4, 0.5) is 4.39 Å². The number of nitrogens with zero attached hydrogens (tertiary/aromatic N) is 2. The van der Waals surface area contributed by atoms with E-state index in [-0.39, 0.29) is 36.2 Å². The predicted molar refractivity (Wildman–Crippen MR) is 118 cm³/mol. The lowest BCUT2D eigenvalue weighted by Crippen LogP contribution is -2.58. The summed E-state index contributed by atoms with van der Waals surface area (Å²) < 4.78 is 18.9. The first-order valence-corrected chi connectivity index (χ1v) is 10.8. The third-order valence-electron chi connectivity index (χ3n) is 5.79. The van der Waals surface area contributed by atoms with Crippen LogP contribution in [0.15, 0.2) is 48.5 Å². The van der Waals surface area contributed by atoms with Crippen molar-refractivity contribution in [2.24, 2.45) is 0 Å². The number of aryl methyl sites for hydroxylation is 1. The fourth-order valence-corrected chi connectivity index (χ4v) is 3.89. The van der Waals surface area contributed by atoms with E-state index in [0.717, 1.165) is 24.2 Å². The zero-order valence-corrected chi connectivity index (χ0v) is 18.5. The standard InChI is InChI=1S/C25H31FN2O3/c1-18-15-28(19(2)14-27(18)16-22-6-10-23(26)11-7-22)25(30)17-31-24-12-8-21(9-13-24)5-4-20(3)29/h6-13,18-19H,4-5,14-17H2,1-3H3/t18-,19+/m1/s1. The second-order valence-electron chi connectivity index (χ2n) is 8.43. The van der Waals surface area contributed by atoms with Gasteiger partial charge in [0.15, 0.2) is 6.61 Å². The summed E-state index contributed by atoms with van der Waals surface area (Å²) in [7, 11) is 0. The molecule has 1 saturated heterocycles. The summed E-state index contributed by atoms with van der Waals surface area (Å²) in [5.41, 5.74) is 2.14. The Hall–Kier alpha value is -2.73. The van der Waals surface area contributed by atoms with Crippen molar-refractivity contribution in [1.82, 2.24) is 9.80 Å². The van der Waals surface area contributed by atoms with Crippen molar-refractivity contribution in [1.29, 1.82) is 0 Å². The van der Waals surface area contributed by atoms with Crippen molar-refractivity contribution in [3.63, 3.8) is 0 Å². The van der Waals surface area contributed by atoms with Gasteiger partial charge in [0.2, 0.25) is 0 Å². The van der Waals surface area contributed by atoms with Crippen LogP contribution in [0.25, 0.3) is 0 Å². The predicted octanol–water partition coefficient (Wildman–Crippen LogP) is 3.85. The largest absolute Gasteiger partial charge is 0.484 e. The molecule has 2 aromatic rings. The van der Waals surface area contributed by atoms with Gasteiger partial charge >= 0.3 is 0 Å². The molecule has 2 atom stereocenters. The van der Waals surface area contributed by atoms with Crippen LogP contribution in [0, 0.1) is 5.82 Å². The van der Waals surface area contributed by atoms with Crippen molar-refractivity contribution in [3.05, 3.63) is 65.5 Å². The highest BCUT2D eigenvalue weighted by Gasteiger charge is 2.32. The Bertz CT molecular complexity index is 883. The fourth-order valence-electron chi connectivity index (χ4n) is 3.89. The first-order valence-electron chi connectivity index (χ1n) is 10.8. The van der Waals surface area contributed by atoms with Crippen LogP contribution in [-0.4, -0.2) is 53.3 Å². The van der Waals surface area contributed by atoms with Gasteiger partial charge in [-0.15, -0.1) is 0 Å². The molecule has 166 valence electrons. The molecule has 1 amide bonds. The minimum Gasteiger partial charge on any atom is -0.484 e. The second-order valence-corrected chi connectivity index (χ2v) is 8.43. The number of carbonyl (C=O) groups is 2. The number of ether oxygens (including phenoxy) is 1. The molecule has 5 nitrogen and oxygen atoms in total. The molecule has 2 aromatic carbocycles. The Morgan fingerprint density at radius 2 is 1.61 bits per heavy atom. The molecule has 0 spiro atoms. The zero-order valence-electron chi connectivity index (χ0n) is 18.5. The lowest BCUT2D eigenvalue weighted by Gasteiger charge is -2.44. The zero-order chi connectivity index (χ0) is 22.4. The van der Waals surface area contributed by atoms with Crippen molar-refractivity contribution < 1.29 is 18.7 Å². The summed E-state index contributed by atoms with van der Waals surface area (Å²) in [5.74, 6) is 0.565. The lowest BCUT2D eigenvalue weighted by atomic mass is 10.1. The Kier molecular flexibility index (Phi) is 7.80. The number of halogens is 1. The maximum absolute atomic E-state index is 13.1. The van der Waals surface area contributed by atoms with Crippen LogP contribution in [0.3, 0.4) is 0 Å². The van der Waals surface area contributed by atoms with E-state index in [2.05, 4.69) is 11.8 Å². The van der Waals surface area contributed by atoms with Gasteiger partial charge in [-0.3, -0.25) is 9.69 Å². The smallest absolute Gasteiger partial charge is 0.260 e. The Balaban J connectivity index is 1.49. The molecule has 0 N–H and O–H groups in total. The van der Waals surface area contributed by atoms with E-state index in [1.165, 1.54) is 12.1 Å². The number of Topliss-reactive ketones (excluding diaryl/α,β-unsaturated/α-hetero) is 1. The van der Waals surface area contributed by atoms with Gasteiger partial charge in [0.1, 0.15) is 17.3 Å². The Morgan fingerprint density at radius 3 is 2.26 bits per heavy atom. The number of hydrogen-bond donors (Lipinski definition) is 0. The van der Waals surface area contributed by atoms with Gasteiger partial charge in [-0.05, 0) is 62.6 Å². The van der Waals surface area contributed by atoms with Crippen LogP contribution in [-0.2, 0) is 22.6 Å². The van der Waals surface area contributed by atoms with Crippen LogP contribution >= 0.6 is 0 Å². The highest BCUT2D eigenvalue weighted by Crippen LogP contribution is 2.19. The number of piperazine rings is 1. The van der Waals surface area contributed by atoms with E-state index in [1.54, 1.807) is 6.92 Å². The van der Waals surface area contributed by atoms with Gasteiger partial charge in [0, 0.05) is 38.1 Å². The van der Waals surface area contributed by atoms with Gasteiger partial charge in [-0.2, -0.15) is 0 Å². The molecule has 0 unspecified atom stereocenters. The number of benzene rings is 2. The number of hydrogen-bond acceptors (Lipinski definition) is 4. The van der Waals surface area contributed by atoms with Crippen LogP contribution in [0.2, 0.25) is 0 Å². The van der Waals surface area contributed by atoms with E-state index in [4.69, 9.17) is 4.74 Å². The minimum atomic E-state index is -0.230. The molecule has 0 aliphatic carbocycles. The molecule has 6 heteroatoms. The summed E-state index contributed by atoms with van der Waals surface area (Å²) >= 11 is 0. The van der Waals surface area contributed by atoms with Gasteiger partial charge in [0.05, 0.1) is 0 Å². The summed E-state index contributed by atoms with van der Waals surface area (Å²) in [4.78, 5) is 28.1. The molecule has 3 rings (SSSR count). The molecular formula is C25H31FN2O3. The Labute approximate surface area is 183 Å². The van der Waals surface area contributed by atoms with Crippen molar-refractivity contribution in [2.75, 3.05) is 19.7 Å². The van der Waals surface area contributed by atoms with Gasteiger partial charge < -0.3 is 14.4 Å².